The first-order valence-corrected chi connectivity index (χ1v) is 8.74. The van der Waals surface area contributed by atoms with Crippen LogP contribution in [-0.4, -0.2) is 21.4 Å². The Balaban J connectivity index is 1.67. The summed E-state index contributed by atoms with van der Waals surface area (Å²) in [5.41, 5.74) is 6.97. The minimum absolute atomic E-state index is 0.0960. The van der Waals surface area contributed by atoms with E-state index >= 15 is 0 Å². The van der Waals surface area contributed by atoms with Crippen molar-refractivity contribution >= 4 is 40.6 Å². The Kier molecular flexibility index (Phi) is 5.46. The quantitative estimate of drug-likeness (QED) is 0.567. The van der Waals surface area contributed by atoms with Gasteiger partial charge in [0.2, 0.25) is 11.8 Å². The van der Waals surface area contributed by atoms with Gasteiger partial charge in [0, 0.05) is 18.7 Å². The van der Waals surface area contributed by atoms with Crippen molar-refractivity contribution in [2.75, 3.05) is 5.32 Å². The number of benzene rings is 2. The molecule has 138 valence electrons. The van der Waals surface area contributed by atoms with E-state index in [2.05, 4.69) is 10.3 Å². The maximum absolute atomic E-state index is 12.6. The van der Waals surface area contributed by atoms with Crippen LogP contribution in [-0.2, 0) is 22.6 Å². The van der Waals surface area contributed by atoms with Crippen LogP contribution in [0.15, 0.2) is 53.3 Å². The molecule has 3 rings (SSSR count). The van der Waals surface area contributed by atoms with Gasteiger partial charge in [-0.15, -0.1) is 0 Å². The van der Waals surface area contributed by atoms with E-state index in [9.17, 15) is 14.4 Å². The molecule has 0 unspecified atom stereocenters. The molecule has 8 heteroatoms. The van der Waals surface area contributed by atoms with Crippen LogP contribution in [0.4, 0.5) is 5.69 Å². The van der Waals surface area contributed by atoms with Crippen LogP contribution in [0.1, 0.15) is 12.0 Å². The van der Waals surface area contributed by atoms with E-state index in [4.69, 9.17) is 18.0 Å². The van der Waals surface area contributed by atoms with Crippen molar-refractivity contribution in [2.24, 2.45) is 5.73 Å². The zero-order valence-corrected chi connectivity index (χ0v) is 15.2. The minimum atomic E-state index is -0.413. The molecule has 1 heterocycles. The lowest BCUT2D eigenvalue weighted by Crippen LogP contribution is -2.25. The van der Waals surface area contributed by atoms with Gasteiger partial charge < -0.3 is 16.0 Å². The minimum Gasteiger partial charge on any atom is -0.369 e. The third-order valence-electron chi connectivity index (χ3n) is 4.07. The molecular weight excluding hydrogens is 364 g/mol. The van der Waals surface area contributed by atoms with Crippen molar-refractivity contribution in [3.05, 3.63) is 69.2 Å². The molecule has 27 heavy (non-hydrogen) atoms. The van der Waals surface area contributed by atoms with E-state index in [0.717, 1.165) is 5.56 Å². The van der Waals surface area contributed by atoms with E-state index in [-0.39, 0.29) is 35.6 Å². The van der Waals surface area contributed by atoms with Gasteiger partial charge in [-0.2, -0.15) is 0 Å². The number of nitrogens with zero attached hydrogens (tertiary/aromatic N) is 1. The van der Waals surface area contributed by atoms with Crippen LogP contribution >= 0.6 is 12.2 Å². The number of rotatable bonds is 6. The fraction of sp³-hybridized carbons (Fsp3) is 0.158. The van der Waals surface area contributed by atoms with E-state index in [1.54, 1.807) is 42.5 Å². The van der Waals surface area contributed by atoms with Gasteiger partial charge in [-0.25, -0.2) is 0 Å². The van der Waals surface area contributed by atoms with Crippen LogP contribution in [0, 0.1) is 4.77 Å². The van der Waals surface area contributed by atoms with Gasteiger partial charge in [-0.3, -0.25) is 19.0 Å². The fourth-order valence-corrected chi connectivity index (χ4v) is 3.03. The van der Waals surface area contributed by atoms with E-state index < -0.39 is 5.91 Å². The third kappa shape index (κ3) is 4.48. The monoisotopic (exact) mass is 382 g/mol. The summed E-state index contributed by atoms with van der Waals surface area (Å²) in [7, 11) is 0. The summed E-state index contributed by atoms with van der Waals surface area (Å²) in [6.07, 6.45) is 0.246. The van der Waals surface area contributed by atoms with Crippen molar-refractivity contribution in [1.29, 1.82) is 0 Å². The van der Waals surface area contributed by atoms with Gasteiger partial charge in [0.15, 0.2) is 4.77 Å². The average molecular weight is 382 g/mol. The predicted molar refractivity (Wildman–Crippen MR) is 106 cm³/mol. The molecule has 1 aromatic heterocycles. The SMILES string of the molecule is NC(=O)Cc1ccc(NC(=O)CCn2c(=S)[nH]c3ccccc3c2=O)cc1. The number of amides is 2. The maximum Gasteiger partial charge on any atom is 0.262 e. The summed E-state index contributed by atoms with van der Waals surface area (Å²) in [6, 6.07) is 13.9. The number of H-pyrrole nitrogens is 1. The van der Waals surface area contributed by atoms with E-state index in [0.29, 0.717) is 16.6 Å². The fourth-order valence-electron chi connectivity index (χ4n) is 2.75. The number of anilines is 1. The molecule has 0 aliphatic rings. The number of hydrogen-bond donors (Lipinski definition) is 3. The molecule has 0 fully saturated rings. The third-order valence-corrected chi connectivity index (χ3v) is 4.39. The number of fused-ring (bicyclic) bond motifs is 1. The summed E-state index contributed by atoms with van der Waals surface area (Å²) < 4.78 is 1.66. The van der Waals surface area contributed by atoms with Crippen LogP contribution < -0.4 is 16.6 Å². The van der Waals surface area contributed by atoms with Crippen molar-refractivity contribution < 1.29 is 9.59 Å². The lowest BCUT2D eigenvalue weighted by Gasteiger charge is -2.09. The normalized spacial score (nSPS) is 10.7. The Labute approximate surface area is 159 Å². The van der Waals surface area contributed by atoms with Gasteiger partial charge in [0.1, 0.15) is 0 Å². The van der Waals surface area contributed by atoms with Gasteiger partial charge in [0.05, 0.1) is 17.3 Å². The Morgan fingerprint density at radius 1 is 1.11 bits per heavy atom. The highest BCUT2D eigenvalue weighted by molar-refractivity contribution is 7.71. The topological polar surface area (TPSA) is 110 Å². The number of carbonyl (C=O) groups is 2. The summed E-state index contributed by atoms with van der Waals surface area (Å²) in [5.74, 6) is -0.656. The van der Waals surface area contributed by atoms with E-state index in [1.807, 2.05) is 6.07 Å². The molecule has 0 saturated heterocycles. The summed E-state index contributed by atoms with van der Waals surface area (Å²) in [6.45, 7) is 0.171. The van der Waals surface area contributed by atoms with Crippen molar-refractivity contribution in [3.63, 3.8) is 0 Å². The standard InChI is InChI=1S/C19H18N4O3S/c20-16(24)11-12-5-7-13(8-6-12)21-17(25)9-10-23-18(26)14-3-1-2-4-15(14)22-19(23)27/h1-8H,9-11H2,(H2,20,24)(H,21,25)(H,22,27). The molecule has 0 atom stereocenters. The highest BCUT2D eigenvalue weighted by atomic mass is 32.1. The lowest BCUT2D eigenvalue weighted by molar-refractivity contribution is -0.117. The first kappa shape index (κ1) is 18.5. The molecule has 2 amide bonds. The molecule has 0 bridgehead atoms. The highest BCUT2D eigenvalue weighted by Gasteiger charge is 2.08. The van der Waals surface area contributed by atoms with Gasteiger partial charge in [0.25, 0.3) is 5.56 Å². The van der Waals surface area contributed by atoms with Gasteiger partial charge >= 0.3 is 0 Å². The number of aromatic nitrogens is 2. The second-order valence-corrected chi connectivity index (χ2v) is 6.46. The van der Waals surface area contributed by atoms with Crippen LogP contribution in [0.25, 0.3) is 10.9 Å². The Hall–Kier alpha value is -3.26. The molecule has 4 N–H and O–H groups in total. The Morgan fingerprint density at radius 2 is 1.81 bits per heavy atom. The second-order valence-electron chi connectivity index (χ2n) is 6.07. The number of nitrogens with two attached hydrogens (primary N) is 1. The molecule has 7 nitrogen and oxygen atoms in total. The van der Waals surface area contributed by atoms with Crippen LogP contribution in [0.2, 0.25) is 0 Å². The molecule has 3 aromatic rings. The summed E-state index contributed by atoms with van der Waals surface area (Å²) in [4.78, 5) is 38.6. The average Bonchev–Trinajstić information content (AvgIpc) is 2.63. The van der Waals surface area contributed by atoms with E-state index in [1.165, 1.54) is 4.57 Å². The number of aromatic amines is 1. The van der Waals surface area contributed by atoms with Crippen LogP contribution in [0.5, 0.6) is 0 Å². The summed E-state index contributed by atoms with van der Waals surface area (Å²) in [5, 5.41) is 3.28. The predicted octanol–water partition coefficient (Wildman–Crippen LogP) is 2.12. The number of primary amides is 1. The van der Waals surface area contributed by atoms with Crippen LogP contribution in [0.3, 0.4) is 0 Å². The second kappa shape index (κ2) is 7.96. The van der Waals surface area contributed by atoms with Crippen molar-refractivity contribution in [2.45, 2.75) is 19.4 Å². The van der Waals surface area contributed by atoms with Crippen molar-refractivity contribution in [1.82, 2.24) is 9.55 Å². The molecule has 0 aliphatic heterocycles. The molecule has 0 radical (unpaired) electrons. The zero-order valence-electron chi connectivity index (χ0n) is 14.4. The number of para-hydroxylation sites is 1. The first-order valence-electron chi connectivity index (χ1n) is 8.33. The molecule has 0 aliphatic carbocycles. The smallest absolute Gasteiger partial charge is 0.262 e. The highest BCUT2D eigenvalue weighted by Crippen LogP contribution is 2.11. The molecule has 0 spiro atoms. The number of carbonyl (C=O) groups excluding carboxylic acids is 2. The number of hydrogen-bond acceptors (Lipinski definition) is 4. The van der Waals surface area contributed by atoms with Gasteiger partial charge in [-0.1, -0.05) is 24.3 Å². The number of nitrogens with one attached hydrogen (secondary N) is 2. The first-order chi connectivity index (χ1) is 12.9. The molecule has 0 saturated carbocycles. The summed E-state index contributed by atoms with van der Waals surface area (Å²) >= 11 is 5.24. The largest absolute Gasteiger partial charge is 0.369 e. The molecular formula is C19H18N4O3S. The maximum atomic E-state index is 12.6. The Bertz CT molecular complexity index is 1120. The van der Waals surface area contributed by atoms with Crippen molar-refractivity contribution in [3.8, 4) is 0 Å². The molecule has 2 aromatic carbocycles. The van der Waals surface area contributed by atoms with Gasteiger partial charge in [-0.05, 0) is 42.0 Å². The Morgan fingerprint density at radius 3 is 2.52 bits per heavy atom. The lowest BCUT2D eigenvalue weighted by atomic mass is 10.1. The zero-order chi connectivity index (χ0) is 19.4.